The summed E-state index contributed by atoms with van der Waals surface area (Å²) in [4.78, 5) is 20.7. The molecule has 3 aromatic rings. The SMILES string of the molecule is CCCCN(C(=O)c1ccccc1O)C1=C(Cc2ccccc2)/C(=C/c2ccccc2)OC1=NC(C)(C)C. The Hall–Kier alpha value is -4.12. The Morgan fingerprint density at radius 1 is 0.947 bits per heavy atom. The fraction of sp³-hybridized carbons (Fsp3) is 0.273. The minimum Gasteiger partial charge on any atom is -0.507 e. The first kappa shape index (κ1) is 26.9. The van der Waals surface area contributed by atoms with Crippen LogP contribution in [0.15, 0.2) is 107 Å². The zero-order valence-electron chi connectivity index (χ0n) is 22.6. The van der Waals surface area contributed by atoms with Crippen LogP contribution in [-0.4, -0.2) is 33.9 Å². The molecule has 1 amide bonds. The van der Waals surface area contributed by atoms with Crippen molar-refractivity contribution in [3.8, 4) is 5.75 Å². The van der Waals surface area contributed by atoms with Crippen molar-refractivity contribution in [3.63, 3.8) is 0 Å². The number of ether oxygens (including phenoxy) is 1. The molecule has 1 aliphatic rings. The second-order valence-corrected chi connectivity index (χ2v) is 10.4. The maximum Gasteiger partial charge on any atom is 0.262 e. The third-order valence-corrected chi connectivity index (χ3v) is 6.14. The molecule has 1 aliphatic heterocycles. The summed E-state index contributed by atoms with van der Waals surface area (Å²) in [6.07, 6.45) is 4.27. The Labute approximate surface area is 225 Å². The van der Waals surface area contributed by atoms with Gasteiger partial charge in [0.2, 0.25) is 5.90 Å². The third kappa shape index (κ3) is 6.60. The van der Waals surface area contributed by atoms with Crippen molar-refractivity contribution in [2.75, 3.05) is 6.54 Å². The van der Waals surface area contributed by atoms with E-state index >= 15 is 0 Å². The molecule has 0 saturated carbocycles. The van der Waals surface area contributed by atoms with Crippen molar-refractivity contribution in [3.05, 3.63) is 119 Å². The number of para-hydroxylation sites is 1. The number of hydrogen-bond acceptors (Lipinski definition) is 4. The molecule has 1 N–H and O–H groups in total. The van der Waals surface area contributed by atoms with Crippen molar-refractivity contribution in [2.45, 2.75) is 52.5 Å². The third-order valence-electron chi connectivity index (χ3n) is 6.14. The van der Waals surface area contributed by atoms with E-state index in [4.69, 9.17) is 9.73 Å². The fourth-order valence-electron chi connectivity index (χ4n) is 4.34. The van der Waals surface area contributed by atoms with Gasteiger partial charge in [-0.15, -0.1) is 0 Å². The summed E-state index contributed by atoms with van der Waals surface area (Å²) in [5.74, 6) is 0.774. The summed E-state index contributed by atoms with van der Waals surface area (Å²) >= 11 is 0. The molecule has 38 heavy (non-hydrogen) atoms. The summed E-state index contributed by atoms with van der Waals surface area (Å²) in [6.45, 7) is 8.61. The highest BCUT2D eigenvalue weighted by atomic mass is 16.5. The van der Waals surface area contributed by atoms with Crippen LogP contribution in [0.4, 0.5) is 0 Å². The van der Waals surface area contributed by atoms with Crippen molar-refractivity contribution >= 4 is 17.9 Å². The van der Waals surface area contributed by atoms with E-state index < -0.39 is 5.54 Å². The lowest BCUT2D eigenvalue weighted by Gasteiger charge is -2.26. The normalized spacial score (nSPS) is 15.7. The molecular formula is C33H36N2O3. The molecule has 4 rings (SSSR count). The molecule has 0 saturated heterocycles. The van der Waals surface area contributed by atoms with Gasteiger partial charge in [-0.05, 0) is 56.5 Å². The van der Waals surface area contributed by atoms with Crippen LogP contribution < -0.4 is 0 Å². The first-order valence-corrected chi connectivity index (χ1v) is 13.2. The number of aliphatic imine (C=N–C) groups is 1. The summed E-state index contributed by atoms with van der Waals surface area (Å²) in [7, 11) is 0. The number of carbonyl (C=O) groups is 1. The van der Waals surface area contributed by atoms with E-state index in [0.717, 1.165) is 29.5 Å². The van der Waals surface area contributed by atoms with E-state index in [1.54, 1.807) is 29.2 Å². The largest absolute Gasteiger partial charge is 0.507 e. The minimum atomic E-state index is -0.436. The Balaban J connectivity index is 1.96. The van der Waals surface area contributed by atoms with Crippen molar-refractivity contribution in [1.29, 1.82) is 0 Å². The topological polar surface area (TPSA) is 62.1 Å². The number of benzene rings is 3. The van der Waals surface area contributed by atoms with Gasteiger partial charge in [-0.3, -0.25) is 4.79 Å². The van der Waals surface area contributed by atoms with Gasteiger partial charge in [-0.25, -0.2) is 4.99 Å². The minimum absolute atomic E-state index is 0.0440. The van der Waals surface area contributed by atoms with Gasteiger partial charge in [-0.1, -0.05) is 86.1 Å². The summed E-state index contributed by atoms with van der Waals surface area (Å²) in [6, 6.07) is 26.9. The molecule has 196 valence electrons. The Morgan fingerprint density at radius 2 is 1.58 bits per heavy atom. The highest BCUT2D eigenvalue weighted by Gasteiger charge is 2.36. The highest BCUT2D eigenvalue weighted by Crippen LogP contribution is 2.36. The number of aromatic hydroxyl groups is 1. The molecule has 0 fully saturated rings. The van der Waals surface area contributed by atoms with Gasteiger partial charge in [0.1, 0.15) is 17.2 Å². The summed E-state index contributed by atoms with van der Waals surface area (Å²) < 4.78 is 6.50. The number of phenols is 1. The van der Waals surface area contributed by atoms with E-state index in [0.29, 0.717) is 30.3 Å². The fourth-order valence-corrected chi connectivity index (χ4v) is 4.34. The predicted molar refractivity (Wildman–Crippen MR) is 154 cm³/mol. The maximum absolute atomic E-state index is 14.0. The Bertz CT molecular complexity index is 1350. The van der Waals surface area contributed by atoms with Gasteiger partial charge >= 0.3 is 0 Å². The van der Waals surface area contributed by atoms with Crippen molar-refractivity contribution in [2.24, 2.45) is 4.99 Å². The van der Waals surface area contributed by atoms with Crippen LogP contribution in [0, 0.1) is 0 Å². The van der Waals surface area contributed by atoms with E-state index in [9.17, 15) is 9.90 Å². The molecule has 0 spiro atoms. The second-order valence-electron chi connectivity index (χ2n) is 10.4. The molecule has 0 atom stereocenters. The molecule has 0 bridgehead atoms. The lowest BCUT2D eigenvalue weighted by molar-refractivity contribution is 0.0806. The second kappa shape index (κ2) is 12.0. The monoisotopic (exact) mass is 508 g/mol. The molecule has 5 nitrogen and oxygen atoms in total. The summed E-state index contributed by atoms with van der Waals surface area (Å²) in [5, 5.41) is 10.6. The zero-order valence-corrected chi connectivity index (χ0v) is 22.6. The average Bonchev–Trinajstić information content (AvgIpc) is 3.20. The van der Waals surface area contributed by atoms with Crippen LogP contribution in [0.3, 0.4) is 0 Å². The number of hydrogen-bond donors (Lipinski definition) is 1. The van der Waals surface area contributed by atoms with Gasteiger partial charge in [0.15, 0.2) is 0 Å². The van der Waals surface area contributed by atoms with Crippen LogP contribution in [-0.2, 0) is 11.2 Å². The van der Waals surface area contributed by atoms with Crippen LogP contribution in [0.2, 0.25) is 0 Å². The molecule has 0 radical (unpaired) electrons. The Kier molecular flexibility index (Phi) is 8.47. The van der Waals surface area contributed by atoms with Crippen molar-refractivity contribution in [1.82, 2.24) is 4.90 Å². The summed E-state index contributed by atoms with van der Waals surface area (Å²) in [5.41, 5.74) is 3.47. The van der Waals surface area contributed by atoms with Crippen LogP contribution >= 0.6 is 0 Å². The number of phenolic OH excluding ortho intramolecular Hbond substituents is 1. The average molecular weight is 509 g/mol. The van der Waals surface area contributed by atoms with Crippen LogP contribution in [0.1, 0.15) is 62.0 Å². The first-order valence-electron chi connectivity index (χ1n) is 13.2. The van der Waals surface area contributed by atoms with Crippen molar-refractivity contribution < 1.29 is 14.6 Å². The number of nitrogens with zero attached hydrogens (tertiary/aromatic N) is 2. The van der Waals surface area contributed by atoms with Crippen LogP contribution in [0.5, 0.6) is 5.75 Å². The number of unbranched alkanes of at least 4 members (excludes halogenated alkanes) is 1. The zero-order chi connectivity index (χ0) is 27.1. The number of rotatable bonds is 8. The lowest BCUT2D eigenvalue weighted by Crippen LogP contribution is -2.35. The highest BCUT2D eigenvalue weighted by molar-refractivity contribution is 6.07. The quantitative estimate of drug-likeness (QED) is 0.345. The van der Waals surface area contributed by atoms with Gasteiger partial charge in [0.25, 0.3) is 5.91 Å². The molecule has 3 aromatic carbocycles. The van der Waals surface area contributed by atoms with Gasteiger partial charge in [-0.2, -0.15) is 0 Å². The number of amides is 1. The molecule has 0 aliphatic carbocycles. The molecule has 1 heterocycles. The van der Waals surface area contributed by atoms with Gasteiger partial charge < -0.3 is 14.7 Å². The number of allylic oxidation sites excluding steroid dienone is 1. The molecule has 0 unspecified atom stereocenters. The van der Waals surface area contributed by atoms with E-state index in [1.165, 1.54) is 0 Å². The smallest absolute Gasteiger partial charge is 0.262 e. The lowest BCUT2D eigenvalue weighted by atomic mass is 10.00. The predicted octanol–water partition coefficient (Wildman–Crippen LogP) is 7.40. The maximum atomic E-state index is 14.0. The number of carbonyl (C=O) groups excluding carboxylic acids is 1. The van der Waals surface area contributed by atoms with Gasteiger partial charge in [0.05, 0.1) is 11.1 Å². The molecular weight excluding hydrogens is 472 g/mol. The standard InChI is InChI=1S/C33H36N2O3/c1-5-6-21-35(32(37)26-19-13-14-20-28(26)36)30-27(22-24-15-9-7-10-16-24)29(23-25-17-11-8-12-18-25)38-31(30)34-33(2,3)4/h7-20,23,36H,5-6,21-22H2,1-4H3/b29-23-,34-31?. The molecule has 0 aromatic heterocycles. The van der Waals surface area contributed by atoms with E-state index in [2.05, 4.69) is 19.1 Å². The molecule has 5 heteroatoms. The van der Waals surface area contributed by atoms with E-state index in [1.807, 2.05) is 75.4 Å². The van der Waals surface area contributed by atoms with Crippen LogP contribution in [0.25, 0.3) is 6.08 Å². The Morgan fingerprint density at radius 3 is 2.21 bits per heavy atom. The first-order chi connectivity index (χ1) is 18.3. The van der Waals surface area contributed by atoms with E-state index in [-0.39, 0.29) is 17.2 Å². The van der Waals surface area contributed by atoms with Gasteiger partial charge in [0, 0.05) is 18.5 Å².